The van der Waals surface area contributed by atoms with E-state index >= 15 is 0 Å². The van der Waals surface area contributed by atoms with Crippen molar-refractivity contribution >= 4 is 17.9 Å². The molecule has 5 aliphatic carbocycles. The summed E-state index contributed by atoms with van der Waals surface area (Å²) in [6.07, 6.45) is 8.49. The van der Waals surface area contributed by atoms with Gasteiger partial charge in [0.25, 0.3) is 0 Å². The molecule has 0 aromatic carbocycles. The lowest BCUT2D eigenvalue weighted by atomic mass is 9.36. The average Bonchev–Trinajstić information content (AvgIpc) is 3.12. The first kappa shape index (κ1) is 41.4. The minimum atomic E-state index is -1.30. The van der Waals surface area contributed by atoms with Crippen LogP contribution >= 0.6 is 0 Å². The van der Waals surface area contributed by atoms with Gasteiger partial charge >= 0.3 is 17.9 Å². The van der Waals surface area contributed by atoms with E-state index in [1.165, 1.54) is 5.57 Å². The molecular weight excluding hydrogens is 672 g/mol. The van der Waals surface area contributed by atoms with Gasteiger partial charge in [0.2, 0.25) is 0 Å². The first-order chi connectivity index (χ1) is 24.7. The predicted octanol–water partition coefficient (Wildman–Crippen LogP) is 7.19. The lowest BCUT2D eigenvalue weighted by molar-refractivity contribution is -0.252. The molecule has 0 heterocycles. The van der Waals surface area contributed by atoms with Gasteiger partial charge in [-0.1, -0.05) is 64.5 Å². The van der Waals surface area contributed by atoms with Crippen molar-refractivity contribution in [3.05, 3.63) is 46.6 Å². The van der Waals surface area contributed by atoms with Crippen LogP contribution in [-0.2, 0) is 28.6 Å². The highest BCUT2D eigenvalue weighted by molar-refractivity contribution is 5.88. The van der Waals surface area contributed by atoms with Crippen molar-refractivity contribution in [3.63, 3.8) is 0 Å². The summed E-state index contributed by atoms with van der Waals surface area (Å²) in [4.78, 5) is 39.0. The van der Waals surface area contributed by atoms with Crippen LogP contribution in [0.2, 0.25) is 0 Å². The molecular formula is C44H66O9. The standard InChI is InChI=1S/C44H66O9/c1-12-25(4)37(48)51-23-43(11)32-17-19-41(9)29-21-34(46)44(24-52-38(49)26(5)13-2)30(28(29)15-16-31(41)42(32,10)20-18-33(43)45)22-40(7,8)36(35(44)47)53-39(50)27(6)14-3/h12-15,29-36,45-47H,16-24H2,1-11H3/b25-12-,26-13-,27-14-/t29?,30?,31?,32?,33-,34+,35-,36-,41-,42+,43+,44-/m0/s1. The van der Waals surface area contributed by atoms with Gasteiger partial charge < -0.3 is 29.5 Å². The second-order valence-electron chi connectivity index (χ2n) is 18.7. The molecule has 5 rings (SSSR count). The topological polar surface area (TPSA) is 140 Å². The average molecular weight is 739 g/mol. The summed E-state index contributed by atoms with van der Waals surface area (Å²) in [6.45, 7) is 21.2. The number of hydrogen-bond acceptors (Lipinski definition) is 9. The molecule has 4 fully saturated rings. The second-order valence-corrected chi connectivity index (χ2v) is 18.7. The van der Waals surface area contributed by atoms with Gasteiger partial charge in [-0.2, -0.15) is 0 Å². The number of aliphatic hydroxyl groups is 3. The maximum atomic E-state index is 13.2. The molecule has 12 atom stereocenters. The number of ether oxygens (including phenoxy) is 3. The second kappa shape index (κ2) is 14.7. The Labute approximate surface area is 317 Å². The smallest absolute Gasteiger partial charge is 0.333 e. The lowest BCUT2D eigenvalue weighted by Crippen LogP contribution is -2.70. The van der Waals surface area contributed by atoms with Crippen LogP contribution in [0.15, 0.2) is 46.6 Å². The number of aliphatic hydroxyl groups excluding tert-OH is 3. The molecule has 0 aromatic rings. The summed E-state index contributed by atoms with van der Waals surface area (Å²) in [7, 11) is 0. The van der Waals surface area contributed by atoms with Crippen molar-refractivity contribution in [3.8, 4) is 0 Å². The Kier molecular flexibility index (Phi) is 11.5. The first-order valence-electron chi connectivity index (χ1n) is 19.9. The van der Waals surface area contributed by atoms with E-state index in [9.17, 15) is 29.7 Å². The van der Waals surface area contributed by atoms with E-state index in [4.69, 9.17) is 14.2 Å². The maximum Gasteiger partial charge on any atom is 0.333 e. The zero-order valence-corrected chi connectivity index (χ0v) is 34.1. The van der Waals surface area contributed by atoms with Gasteiger partial charge in [-0.05, 0) is 121 Å². The van der Waals surface area contributed by atoms with Crippen molar-refractivity contribution in [1.29, 1.82) is 0 Å². The van der Waals surface area contributed by atoms with Gasteiger partial charge in [0.1, 0.15) is 18.8 Å². The van der Waals surface area contributed by atoms with E-state index in [-0.39, 0.29) is 53.7 Å². The van der Waals surface area contributed by atoms with E-state index in [1.54, 1.807) is 52.8 Å². The molecule has 0 bridgehead atoms. The molecule has 0 aliphatic heterocycles. The van der Waals surface area contributed by atoms with Crippen LogP contribution < -0.4 is 0 Å². The summed E-state index contributed by atoms with van der Waals surface area (Å²) in [5, 5.41) is 36.5. The van der Waals surface area contributed by atoms with Crippen molar-refractivity contribution in [2.45, 2.75) is 146 Å². The largest absolute Gasteiger partial charge is 0.462 e. The Hall–Kier alpha value is -2.75. The van der Waals surface area contributed by atoms with E-state index in [0.717, 1.165) is 25.7 Å². The fourth-order valence-corrected chi connectivity index (χ4v) is 11.9. The molecule has 5 aliphatic rings. The minimum Gasteiger partial charge on any atom is -0.462 e. The van der Waals surface area contributed by atoms with E-state index in [2.05, 4.69) is 26.8 Å². The third-order valence-electron chi connectivity index (χ3n) is 15.6. The van der Waals surface area contributed by atoms with Crippen LogP contribution in [0, 0.1) is 50.7 Å². The predicted molar refractivity (Wildman–Crippen MR) is 203 cm³/mol. The molecule has 3 N–H and O–H groups in total. The fraction of sp³-hybridized carbons (Fsp3) is 0.750. The molecule has 9 heteroatoms. The van der Waals surface area contributed by atoms with Gasteiger partial charge in [0.15, 0.2) is 0 Å². The molecule has 53 heavy (non-hydrogen) atoms. The van der Waals surface area contributed by atoms with Crippen LogP contribution in [0.3, 0.4) is 0 Å². The normalized spacial score (nSPS) is 42.5. The number of rotatable bonds is 8. The van der Waals surface area contributed by atoms with Crippen LogP contribution in [0.25, 0.3) is 0 Å². The van der Waals surface area contributed by atoms with Gasteiger partial charge in [-0.15, -0.1) is 0 Å². The highest BCUT2D eigenvalue weighted by Gasteiger charge is 2.70. The van der Waals surface area contributed by atoms with Gasteiger partial charge in [0, 0.05) is 27.5 Å². The van der Waals surface area contributed by atoms with Crippen LogP contribution in [-0.4, -0.2) is 70.9 Å². The van der Waals surface area contributed by atoms with E-state index < -0.39 is 52.6 Å². The third kappa shape index (κ3) is 6.58. The lowest BCUT2D eigenvalue weighted by Gasteiger charge is -2.69. The van der Waals surface area contributed by atoms with Crippen LogP contribution in [0.4, 0.5) is 0 Å². The van der Waals surface area contributed by atoms with E-state index in [0.29, 0.717) is 36.0 Å². The zero-order chi connectivity index (χ0) is 39.5. The Morgan fingerprint density at radius 1 is 0.736 bits per heavy atom. The Balaban J connectivity index is 1.55. The minimum absolute atomic E-state index is 0.0146. The molecule has 0 spiro atoms. The number of hydrogen-bond donors (Lipinski definition) is 3. The summed E-state index contributed by atoms with van der Waals surface area (Å²) < 4.78 is 17.9. The highest BCUT2D eigenvalue weighted by Crippen LogP contribution is 2.72. The highest BCUT2D eigenvalue weighted by atomic mass is 16.6. The van der Waals surface area contributed by atoms with Gasteiger partial charge in [-0.3, -0.25) is 0 Å². The van der Waals surface area contributed by atoms with Crippen molar-refractivity contribution < 1.29 is 43.9 Å². The fourth-order valence-electron chi connectivity index (χ4n) is 11.9. The summed E-state index contributed by atoms with van der Waals surface area (Å²) >= 11 is 0. The zero-order valence-electron chi connectivity index (χ0n) is 34.1. The molecule has 9 nitrogen and oxygen atoms in total. The molecule has 0 saturated heterocycles. The quantitative estimate of drug-likeness (QED) is 0.102. The Bertz CT molecular complexity index is 1590. The summed E-state index contributed by atoms with van der Waals surface area (Å²) in [5.41, 5.74) is -0.278. The molecule has 296 valence electrons. The molecule has 0 aromatic heterocycles. The third-order valence-corrected chi connectivity index (χ3v) is 15.6. The summed E-state index contributed by atoms with van der Waals surface area (Å²) in [5.74, 6) is -1.31. The molecule has 0 radical (unpaired) electrons. The molecule has 0 amide bonds. The Morgan fingerprint density at radius 2 is 1.28 bits per heavy atom. The van der Waals surface area contributed by atoms with Crippen molar-refractivity contribution in [2.24, 2.45) is 50.7 Å². The summed E-state index contributed by atoms with van der Waals surface area (Å²) in [6, 6.07) is 0. The van der Waals surface area contributed by atoms with Crippen molar-refractivity contribution in [1.82, 2.24) is 0 Å². The van der Waals surface area contributed by atoms with Crippen LogP contribution in [0.1, 0.15) is 121 Å². The Morgan fingerprint density at radius 3 is 1.87 bits per heavy atom. The van der Waals surface area contributed by atoms with Gasteiger partial charge in [-0.25, -0.2) is 14.4 Å². The maximum absolute atomic E-state index is 13.2. The number of carbonyl (C=O) groups excluding carboxylic acids is 3. The van der Waals surface area contributed by atoms with Crippen molar-refractivity contribution in [2.75, 3.05) is 13.2 Å². The van der Waals surface area contributed by atoms with E-state index in [1.807, 2.05) is 20.8 Å². The number of esters is 3. The number of carbonyl (C=O) groups is 3. The molecule has 4 unspecified atom stereocenters. The van der Waals surface area contributed by atoms with Gasteiger partial charge in [0.05, 0.1) is 24.2 Å². The molecule has 4 saturated carbocycles. The van der Waals surface area contributed by atoms with Crippen LogP contribution in [0.5, 0.6) is 0 Å². The number of fused-ring (bicyclic) bond motifs is 7. The first-order valence-corrected chi connectivity index (χ1v) is 19.9. The monoisotopic (exact) mass is 738 g/mol. The number of allylic oxidation sites excluding steroid dienone is 5. The SMILES string of the molecule is C/C=C(/C)C(=O)OC[C@@]12C(CC(C)(C)[C@@H](OC(=O)/C(C)=C\C)[C@@H]1O)C1=CCC3[C@@](C)(CCC4[C@]3(C)CC[C@H](O)[C@]4(C)COC(=O)/C(C)=C\C)C1C[C@H]2O.